The predicted octanol–water partition coefficient (Wildman–Crippen LogP) is 1.82. The normalized spacial score (nSPS) is 12.2. The van der Waals surface area contributed by atoms with Gasteiger partial charge in [0.15, 0.2) is 0 Å². The van der Waals surface area contributed by atoms with Gasteiger partial charge in [-0.3, -0.25) is 4.79 Å². The number of ether oxygens (including phenoxy) is 1. The Kier molecular flexibility index (Phi) is 4.89. The predicted molar refractivity (Wildman–Crippen MR) is 61.0 cm³/mol. The van der Waals surface area contributed by atoms with E-state index in [0.717, 1.165) is 5.56 Å². The van der Waals surface area contributed by atoms with Crippen LogP contribution in [0.1, 0.15) is 24.9 Å². The van der Waals surface area contributed by atoms with Gasteiger partial charge >= 0.3 is 5.97 Å². The van der Waals surface area contributed by atoms with Crippen LogP contribution in [0.15, 0.2) is 22.7 Å². The van der Waals surface area contributed by atoms with E-state index in [-0.39, 0.29) is 24.2 Å². The first-order chi connectivity index (χ1) is 7.54. The molecule has 0 amide bonds. The Balaban J connectivity index is 2.72. The molecule has 1 atom stereocenters. The molecule has 1 aromatic carbocycles. The van der Waals surface area contributed by atoms with Crippen LogP contribution in [0.2, 0.25) is 0 Å². The van der Waals surface area contributed by atoms with Gasteiger partial charge in [-0.2, -0.15) is 0 Å². The van der Waals surface area contributed by atoms with E-state index in [9.17, 15) is 9.18 Å². The van der Waals surface area contributed by atoms with Gasteiger partial charge in [-0.1, -0.05) is 15.9 Å². The monoisotopic (exact) mass is 290 g/mol. The lowest BCUT2D eigenvalue weighted by molar-refractivity contribution is -0.426. The Morgan fingerprint density at radius 2 is 2.31 bits per heavy atom. The van der Waals surface area contributed by atoms with Gasteiger partial charge < -0.3 is 10.5 Å². The van der Waals surface area contributed by atoms with Crippen molar-refractivity contribution in [3.05, 3.63) is 34.1 Å². The first-order valence-corrected chi connectivity index (χ1v) is 5.77. The third-order valence-electron chi connectivity index (χ3n) is 2.12. The molecule has 0 saturated heterocycles. The Labute approximate surface area is 102 Å². The van der Waals surface area contributed by atoms with Crippen molar-refractivity contribution >= 4 is 21.9 Å². The van der Waals surface area contributed by atoms with Gasteiger partial charge in [0.05, 0.1) is 6.61 Å². The average molecular weight is 291 g/mol. The number of hydrogen-bond donors (Lipinski definition) is 1. The number of carbonyl (C=O) groups excluding carboxylic acids is 1. The number of carbonyl (C=O) groups is 1. The Morgan fingerprint density at radius 1 is 1.62 bits per heavy atom. The van der Waals surface area contributed by atoms with Gasteiger partial charge in [0, 0.05) is 10.0 Å². The molecule has 0 fully saturated rings. The van der Waals surface area contributed by atoms with Gasteiger partial charge in [0.1, 0.15) is 18.3 Å². The molecule has 88 valence electrons. The molecule has 0 spiro atoms. The van der Waals surface area contributed by atoms with Gasteiger partial charge in [-0.05, 0) is 25.1 Å². The zero-order valence-corrected chi connectivity index (χ0v) is 10.6. The summed E-state index contributed by atoms with van der Waals surface area (Å²) in [7, 11) is 0. The van der Waals surface area contributed by atoms with Crippen molar-refractivity contribution in [1.29, 1.82) is 0 Å². The molecule has 0 aliphatic carbocycles. The summed E-state index contributed by atoms with van der Waals surface area (Å²) in [5.41, 5.74) is 4.67. The van der Waals surface area contributed by atoms with Crippen molar-refractivity contribution in [3.8, 4) is 0 Å². The molecule has 1 aromatic rings. The van der Waals surface area contributed by atoms with Gasteiger partial charge in [-0.25, -0.2) is 4.39 Å². The van der Waals surface area contributed by atoms with Crippen molar-refractivity contribution in [2.45, 2.75) is 19.4 Å². The van der Waals surface area contributed by atoms with Crippen molar-refractivity contribution in [2.24, 2.45) is 0 Å². The fourth-order valence-corrected chi connectivity index (χ4v) is 2.04. The molecule has 0 aromatic heterocycles. The Morgan fingerprint density at radius 3 is 2.88 bits per heavy atom. The van der Waals surface area contributed by atoms with E-state index in [0.29, 0.717) is 11.1 Å². The van der Waals surface area contributed by atoms with Gasteiger partial charge in [-0.15, -0.1) is 0 Å². The molecular weight excluding hydrogens is 277 g/mol. The highest BCUT2D eigenvalue weighted by Gasteiger charge is 2.18. The number of esters is 1. The van der Waals surface area contributed by atoms with Crippen molar-refractivity contribution < 1.29 is 19.7 Å². The van der Waals surface area contributed by atoms with Crippen molar-refractivity contribution in [3.63, 3.8) is 0 Å². The van der Waals surface area contributed by atoms with Crippen LogP contribution in [-0.2, 0) is 9.53 Å². The lowest BCUT2D eigenvalue weighted by Gasteiger charge is -2.10. The zero-order valence-electron chi connectivity index (χ0n) is 9.00. The van der Waals surface area contributed by atoms with E-state index in [1.165, 1.54) is 12.1 Å². The van der Waals surface area contributed by atoms with Crippen LogP contribution in [0.4, 0.5) is 4.39 Å². The minimum atomic E-state index is -0.320. The average Bonchev–Trinajstić information content (AvgIpc) is 2.17. The SMILES string of the molecule is CCOC(=O)C[C@H]([NH3+])c1ccc(F)cc1Br. The summed E-state index contributed by atoms with van der Waals surface area (Å²) in [4.78, 5) is 11.3. The molecule has 0 radical (unpaired) electrons. The molecule has 3 N–H and O–H groups in total. The third-order valence-corrected chi connectivity index (χ3v) is 2.81. The molecule has 0 aliphatic heterocycles. The lowest BCUT2D eigenvalue weighted by atomic mass is 10.1. The number of hydrogen-bond acceptors (Lipinski definition) is 2. The number of benzene rings is 1. The molecule has 0 saturated carbocycles. The zero-order chi connectivity index (χ0) is 12.1. The highest BCUT2D eigenvalue weighted by Crippen LogP contribution is 2.24. The maximum absolute atomic E-state index is 12.9. The number of halogens is 2. The standard InChI is InChI=1S/C11H13BrFNO2/c1-2-16-11(15)6-10(14)8-4-3-7(13)5-9(8)12/h3-5,10H,2,6,14H2,1H3/p+1/t10-/m0/s1. The van der Waals surface area contributed by atoms with E-state index < -0.39 is 0 Å². The molecule has 5 heteroatoms. The fourth-order valence-electron chi connectivity index (χ4n) is 1.36. The third kappa shape index (κ3) is 3.57. The van der Waals surface area contributed by atoms with Crippen LogP contribution < -0.4 is 5.73 Å². The minimum absolute atomic E-state index is 0.193. The summed E-state index contributed by atoms with van der Waals surface area (Å²) in [5.74, 6) is -0.613. The maximum Gasteiger partial charge on any atom is 0.312 e. The molecule has 0 bridgehead atoms. The maximum atomic E-state index is 12.9. The molecule has 0 heterocycles. The molecule has 3 nitrogen and oxygen atoms in total. The van der Waals surface area contributed by atoms with E-state index >= 15 is 0 Å². The molecule has 1 rings (SSSR count). The first-order valence-electron chi connectivity index (χ1n) is 4.98. The number of quaternary nitrogens is 1. The quantitative estimate of drug-likeness (QED) is 0.860. The van der Waals surface area contributed by atoms with Crippen LogP contribution in [0, 0.1) is 5.82 Å². The summed E-state index contributed by atoms with van der Waals surface area (Å²) in [5, 5.41) is 0. The molecule has 16 heavy (non-hydrogen) atoms. The highest BCUT2D eigenvalue weighted by atomic mass is 79.9. The van der Waals surface area contributed by atoms with E-state index in [2.05, 4.69) is 21.7 Å². The van der Waals surface area contributed by atoms with E-state index in [1.54, 1.807) is 13.0 Å². The first kappa shape index (κ1) is 13.1. The molecule has 0 unspecified atom stereocenters. The Hall–Kier alpha value is -0.940. The van der Waals surface area contributed by atoms with Crippen LogP contribution in [-0.4, -0.2) is 12.6 Å². The lowest BCUT2D eigenvalue weighted by Crippen LogP contribution is -2.54. The second kappa shape index (κ2) is 5.96. The fraction of sp³-hybridized carbons (Fsp3) is 0.364. The summed E-state index contributed by atoms with van der Waals surface area (Å²) in [6, 6.07) is 4.09. The largest absolute Gasteiger partial charge is 0.466 e. The summed E-state index contributed by atoms with van der Waals surface area (Å²) in [6.07, 6.45) is 0.193. The Bertz CT molecular complexity index is 384. The van der Waals surface area contributed by atoms with Gasteiger partial charge in [0.2, 0.25) is 0 Å². The molecule has 0 aliphatic rings. The van der Waals surface area contributed by atoms with Gasteiger partial charge in [0.25, 0.3) is 0 Å². The summed E-state index contributed by atoms with van der Waals surface area (Å²) in [6.45, 7) is 2.11. The highest BCUT2D eigenvalue weighted by molar-refractivity contribution is 9.10. The topological polar surface area (TPSA) is 53.9 Å². The summed E-state index contributed by atoms with van der Waals surface area (Å²) < 4.78 is 18.3. The van der Waals surface area contributed by atoms with Crippen LogP contribution >= 0.6 is 15.9 Å². The number of rotatable bonds is 4. The van der Waals surface area contributed by atoms with Crippen LogP contribution in [0.3, 0.4) is 0 Å². The van der Waals surface area contributed by atoms with Crippen molar-refractivity contribution in [2.75, 3.05) is 6.61 Å². The second-order valence-electron chi connectivity index (χ2n) is 3.37. The second-order valence-corrected chi connectivity index (χ2v) is 4.23. The van der Waals surface area contributed by atoms with E-state index in [4.69, 9.17) is 4.74 Å². The molecular formula is C11H14BrFNO2+. The van der Waals surface area contributed by atoms with E-state index in [1.807, 2.05) is 0 Å². The smallest absolute Gasteiger partial charge is 0.312 e. The van der Waals surface area contributed by atoms with Crippen molar-refractivity contribution in [1.82, 2.24) is 0 Å². The minimum Gasteiger partial charge on any atom is -0.466 e. The van der Waals surface area contributed by atoms with Crippen LogP contribution in [0.25, 0.3) is 0 Å². The summed E-state index contributed by atoms with van der Waals surface area (Å²) >= 11 is 3.24. The van der Waals surface area contributed by atoms with Crippen LogP contribution in [0.5, 0.6) is 0 Å².